The Kier molecular flexibility index (Phi) is 4.92. The van der Waals surface area contributed by atoms with Crippen LogP contribution in [-0.2, 0) is 4.79 Å². The van der Waals surface area contributed by atoms with Crippen molar-refractivity contribution in [2.45, 2.75) is 20.3 Å². The van der Waals surface area contributed by atoms with Crippen molar-refractivity contribution >= 4 is 11.6 Å². The van der Waals surface area contributed by atoms with Gasteiger partial charge in [0.2, 0.25) is 5.91 Å². The predicted molar refractivity (Wildman–Crippen MR) is 62.9 cm³/mol. The lowest BCUT2D eigenvalue weighted by Gasteiger charge is -2.07. The smallest absolute Gasteiger partial charge is 0.225 e. The summed E-state index contributed by atoms with van der Waals surface area (Å²) in [5, 5.41) is 5.58. The third-order valence-corrected chi connectivity index (χ3v) is 2.18. The van der Waals surface area contributed by atoms with Crippen LogP contribution in [0.2, 0.25) is 0 Å². The summed E-state index contributed by atoms with van der Waals surface area (Å²) < 4.78 is 13.4. The molecule has 4 heteroatoms. The van der Waals surface area contributed by atoms with E-state index in [-0.39, 0.29) is 11.6 Å². The van der Waals surface area contributed by atoms with Gasteiger partial charge in [-0.05, 0) is 31.2 Å². The van der Waals surface area contributed by atoms with Crippen molar-refractivity contribution in [1.29, 1.82) is 0 Å². The lowest BCUT2D eigenvalue weighted by molar-refractivity contribution is -0.116. The number of hydrogen-bond donors (Lipinski definition) is 2. The minimum Gasteiger partial charge on any atom is -0.324 e. The monoisotopic (exact) mass is 224 g/mol. The van der Waals surface area contributed by atoms with Gasteiger partial charge in [0, 0.05) is 13.0 Å². The van der Waals surface area contributed by atoms with Gasteiger partial charge >= 0.3 is 0 Å². The van der Waals surface area contributed by atoms with Crippen LogP contribution in [-0.4, -0.2) is 19.0 Å². The van der Waals surface area contributed by atoms with Crippen LogP contribution in [0.3, 0.4) is 0 Å². The Bertz CT molecular complexity index is 366. The lowest BCUT2D eigenvalue weighted by Crippen LogP contribution is -2.21. The fraction of sp³-hybridized carbons (Fsp3) is 0.417. The van der Waals surface area contributed by atoms with Gasteiger partial charge in [0.15, 0.2) is 0 Å². The quantitative estimate of drug-likeness (QED) is 0.752. The molecule has 0 saturated carbocycles. The molecule has 1 rings (SSSR count). The number of rotatable bonds is 5. The summed E-state index contributed by atoms with van der Waals surface area (Å²) in [7, 11) is 0. The van der Waals surface area contributed by atoms with Gasteiger partial charge in [-0.15, -0.1) is 0 Å². The Morgan fingerprint density at radius 1 is 1.44 bits per heavy atom. The van der Waals surface area contributed by atoms with E-state index >= 15 is 0 Å². The van der Waals surface area contributed by atoms with Gasteiger partial charge in [-0.1, -0.05) is 13.0 Å². The lowest BCUT2D eigenvalue weighted by atomic mass is 10.2. The highest BCUT2D eigenvalue weighted by molar-refractivity contribution is 5.90. The first-order valence-electron chi connectivity index (χ1n) is 5.40. The Balaban J connectivity index is 2.49. The molecule has 0 unspecified atom stereocenters. The Hall–Kier alpha value is -1.42. The maximum atomic E-state index is 13.4. The summed E-state index contributed by atoms with van der Waals surface area (Å²) in [4.78, 5) is 11.4. The van der Waals surface area contributed by atoms with Crippen LogP contribution in [0.15, 0.2) is 18.2 Å². The molecule has 88 valence electrons. The maximum absolute atomic E-state index is 13.4. The van der Waals surface area contributed by atoms with Crippen molar-refractivity contribution in [2.75, 3.05) is 18.4 Å². The van der Waals surface area contributed by atoms with Crippen LogP contribution in [0.1, 0.15) is 18.9 Å². The fourth-order valence-electron chi connectivity index (χ4n) is 1.31. The van der Waals surface area contributed by atoms with Crippen molar-refractivity contribution < 1.29 is 9.18 Å². The Labute approximate surface area is 95.0 Å². The summed E-state index contributed by atoms with van der Waals surface area (Å²) in [5.74, 6) is -0.569. The SMILES string of the molecule is CCNCCC(=O)Nc1ccc(C)cc1F. The molecule has 1 aromatic rings. The molecule has 0 spiro atoms. The molecule has 0 aromatic heterocycles. The van der Waals surface area contributed by atoms with Gasteiger partial charge in [-0.3, -0.25) is 4.79 Å². The van der Waals surface area contributed by atoms with Gasteiger partial charge in [-0.2, -0.15) is 0 Å². The normalized spacial score (nSPS) is 10.2. The van der Waals surface area contributed by atoms with Crippen molar-refractivity contribution in [3.05, 3.63) is 29.6 Å². The second-order valence-electron chi connectivity index (χ2n) is 3.64. The molecule has 0 fully saturated rings. The van der Waals surface area contributed by atoms with E-state index in [0.29, 0.717) is 13.0 Å². The molecule has 2 N–H and O–H groups in total. The molecule has 0 radical (unpaired) electrons. The van der Waals surface area contributed by atoms with Crippen LogP contribution in [0.5, 0.6) is 0 Å². The highest BCUT2D eigenvalue weighted by atomic mass is 19.1. The van der Waals surface area contributed by atoms with E-state index in [4.69, 9.17) is 0 Å². The van der Waals surface area contributed by atoms with E-state index < -0.39 is 5.82 Å². The zero-order valence-electron chi connectivity index (χ0n) is 9.64. The van der Waals surface area contributed by atoms with Crippen LogP contribution < -0.4 is 10.6 Å². The number of halogens is 1. The van der Waals surface area contributed by atoms with E-state index in [1.807, 2.05) is 6.92 Å². The third-order valence-electron chi connectivity index (χ3n) is 2.18. The first-order valence-corrected chi connectivity index (χ1v) is 5.40. The Morgan fingerprint density at radius 3 is 2.81 bits per heavy atom. The molecular weight excluding hydrogens is 207 g/mol. The third kappa shape index (κ3) is 3.98. The molecule has 0 saturated heterocycles. The first-order chi connectivity index (χ1) is 7.63. The molecule has 0 aliphatic rings. The van der Waals surface area contributed by atoms with Crippen LogP contribution in [0, 0.1) is 12.7 Å². The molecule has 3 nitrogen and oxygen atoms in total. The van der Waals surface area contributed by atoms with E-state index in [1.165, 1.54) is 6.07 Å². The molecule has 0 aliphatic carbocycles. The molecule has 16 heavy (non-hydrogen) atoms. The summed E-state index contributed by atoms with van der Waals surface area (Å²) in [6.07, 6.45) is 0.348. The van der Waals surface area contributed by atoms with Crippen LogP contribution in [0.4, 0.5) is 10.1 Å². The summed E-state index contributed by atoms with van der Waals surface area (Å²) in [5.41, 5.74) is 1.08. The average Bonchev–Trinajstić information content (AvgIpc) is 2.23. The molecule has 0 atom stereocenters. The van der Waals surface area contributed by atoms with Gasteiger partial charge in [0.1, 0.15) is 5.82 Å². The van der Waals surface area contributed by atoms with E-state index in [0.717, 1.165) is 12.1 Å². The van der Waals surface area contributed by atoms with Crippen LogP contribution >= 0.6 is 0 Å². The van der Waals surface area contributed by atoms with E-state index in [9.17, 15) is 9.18 Å². The van der Waals surface area contributed by atoms with Gasteiger partial charge in [0.25, 0.3) is 0 Å². The number of benzene rings is 1. The maximum Gasteiger partial charge on any atom is 0.225 e. The Morgan fingerprint density at radius 2 is 2.19 bits per heavy atom. The van der Waals surface area contributed by atoms with E-state index in [2.05, 4.69) is 10.6 Å². The zero-order chi connectivity index (χ0) is 12.0. The largest absolute Gasteiger partial charge is 0.324 e. The van der Waals surface area contributed by atoms with Crippen LogP contribution in [0.25, 0.3) is 0 Å². The second-order valence-corrected chi connectivity index (χ2v) is 3.64. The molecule has 0 aliphatic heterocycles. The predicted octanol–water partition coefficient (Wildman–Crippen LogP) is 2.07. The average molecular weight is 224 g/mol. The minimum absolute atomic E-state index is 0.177. The van der Waals surface area contributed by atoms with Gasteiger partial charge < -0.3 is 10.6 Å². The minimum atomic E-state index is -0.392. The summed E-state index contributed by atoms with van der Waals surface area (Å²) in [6.45, 7) is 5.21. The van der Waals surface area contributed by atoms with Gasteiger partial charge in [0.05, 0.1) is 5.69 Å². The number of amides is 1. The molecule has 0 heterocycles. The van der Waals surface area contributed by atoms with Crippen molar-refractivity contribution in [1.82, 2.24) is 5.32 Å². The molecule has 1 aromatic carbocycles. The van der Waals surface area contributed by atoms with Crippen molar-refractivity contribution in [2.24, 2.45) is 0 Å². The highest BCUT2D eigenvalue weighted by Crippen LogP contribution is 2.15. The summed E-state index contributed by atoms with van der Waals surface area (Å²) in [6, 6.07) is 4.75. The number of hydrogen-bond acceptors (Lipinski definition) is 2. The molecule has 0 bridgehead atoms. The fourth-order valence-corrected chi connectivity index (χ4v) is 1.31. The number of nitrogens with one attached hydrogen (secondary N) is 2. The molecule has 1 amide bonds. The number of carbonyl (C=O) groups is 1. The number of anilines is 1. The zero-order valence-corrected chi connectivity index (χ0v) is 9.64. The highest BCUT2D eigenvalue weighted by Gasteiger charge is 2.06. The standard InChI is InChI=1S/C12H17FN2O/c1-3-14-7-6-12(16)15-11-5-4-9(2)8-10(11)13/h4-5,8,14H,3,6-7H2,1-2H3,(H,15,16). The molecular formula is C12H17FN2O. The van der Waals surface area contributed by atoms with Crippen molar-refractivity contribution in [3.8, 4) is 0 Å². The van der Waals surface area contributed by atoms with Gasteiger partial charge in [-0.25, -0.2) is 4.39 Å². The van der Waals surface area contributed by atoms with E-state index in [1.54, 1.807) is 19.1 Å². The van der Waals surface area contributed by atoms with Crippen molar-refractivity contribution in [3.63, 3.8) is 0 Å². The second kappa shape index (κ2) is 6.23. The number of carbonyl (C=O) groups excluding carboxylic acids is 1. The topological polar surface area (TPSA) is 41.1 Å². The first kappa shape index (κ1) is 12.6. The number of aryl methyl sites for hydroxylation is 1. The summed E-state index contributed by atoms with van der Waals surface area (Å²) >= 11 is 0.